The summed E-state index contributed by atoms with van der Waals surface area (Å²) < 4.78 is 0. The van der Waals surface area contributed by atoms with Gasteiger partial charge in [0.05, 0.1) is 0 Å². The van der Waals surface area contributed by atoms with Crippen molar-refractivity contribution in [3.63, 3.8) is 0 Å². The molecule has 1 aromatic carbocycles. The number of nitrogens with one attached hydrogen (secondary N) is 1. The van der Waals surface area contributed by atoms with E-state index in [4.69, 9.17) is 0 Å². The Morgan fingerprint density at radius 3 is 2.48 bits per heavy atom. The Morgan fingerprint density at radius 2 is 1.87 bits per heavy atom. The maximum absolute atomic E-state index is 12.5. The lowest BCUT2D eigenvalue weighted by Gasteiger charge is -2.33. The van der Waals surface area contributed by atoms with Gasteiger partial charge in [0.15, 0.2) is 0 Å². The van der Waals surface area contributed by atoms with E-state index in [2.05, 4.69) is 21.8 Å². The van der Waals surface area contributed by atoms with E-state index in [9.17, 15) is 9.59 Å². The number of aromatic nitrogens is 2. The van der Waals surface area contributed by atoms with Crippen LogP contribution >= 0.6 is 0 Å². The van der Waals surface area contributed by atoms with Crippen molar-refractivity contribution < 1.29 is 4.79 Å². The molecule has 0 unspecified atom stereocenters. The number of carbonyl (C=O) groups excluding carboxylic acids is 1. The van der Waals surface area contributed by atoms with E-state index in [0.29, 0.717) is 18.9 Å². The zero-order valence-corrected chi connectivity index (χ0v) is 13.2. The second-order valence-electron chi connectivity index (χ2n) is 5.57. The molecule has 23 heavy (non-hydrogen) atoms. The van der Waals surface area contributed by atoms with Crippen LogP contribution in [0.4, 0.5) is 0 Å². The van der Waals surface area contributed by atoms with Gasteiger partial charge in [-0.05, 0) is 6.54 Å². The van der Waals surface area contributed by atoms with E-state index in [1.165, 1.54) is 6.20 Å². The first-order valence-electron chi connectivity index (χ1n) is 7.85. The first-order valence-corrected chi connectivity index (χ1v) is 7.85. The van der Waals surface area contributed by atoms with Crippen LogP contribution in [0.25, 0.3) is 11.4 Å². The van der Waals surface area contributed by atoms with E-state index in [0.717, 1.165) is 25.2 Å². The highest BCUT2D eigenvalue weighted by molar-refractivity contribution is 5.93. The van der Waals surface area contributed by atoms with E-state index in [1.54, 1.807) is 4.90 Å². The molecule has 6 heteroatoms. The molecule has 2 aromatic rings. The van der Waals surface area contributed by atoms with Gasteiger partial charge in [0.1, 0.15) is 11.4 Å². The van der Waals surface area contributed by atoms with Crippen LogP contribution < -0.4 is 5.56 Å². The average molecular weight is 312 g/mol. The molecule has 0 bridgehead atoms. The molecule has 1 aliphatic heterocycles. The molecule has 1 amide bonds. The van der Waals surface area contributed by atoms with E-state index in [-0.39, 0.29) is 17.0 Å². The first-order chi connectivity index (χ1) is 11.2. The average Bonchev–Trinajstić information content (AvgIpc) is 2.62. The van der Waals surface area contributed by atoms with Crippen molar-refractivity contribution in [3.05, 3.63) is 52.4 Å². The molecule has 1 aromatic heterocycles. The Morgan fingerprint density at radius 1 is 1.17 bits per heavy atom. The summed E-state index contributed by atoms with van der Waals surface area (Å²) in [4.78, 5) is 35.7. The molecule has 0 atom stereocenters. The largest absolute Gasteiger partial charge is 0.336 e. The van der Waals surface area contributed by atoms with Gasteiger partial charge in [0, 0.05) is 37.9 Å². The summed E-state index contributed by atoms with van der Waals surface area (Å²) in [5, 5.41) is 0. The summed E-state index contributed by atoms with van der Waals surface area (Å²) in [7, 11) is 0. The van der Waals surface area contributed by atoms with Gasteiger partial charge in [0.2, 0.25) is 0 Å². The topological polar surface area (TPSA) is 69.3 Å². The summed E-state index contributed by atoms with van der Waals surface area (Å²) in [6, 6.07) is 9.38. The number of carbonyl (C=O) groups is 1. The molecule has 1 fully saturated rings. The Balaban J connectivity index is 1.79. The Kier molecular flexibility index (Phi) is 4.52. The lowest BCUT2D eigenvalue weighted by molar-refractivity contribution is 0.0641. The van der Waals surface area contributed by atoms with Crippen molar-refractivity contribution in [1.82, 2.24) is 19.8 Å². The number of hydrogen-bond donors (Lipinski definition) is 1. The van der Waals surface area contributed by atoms with Crippen LogP contribution in [0, 0.1) is 0 Å². The minimum Gasteiger partial charge on any atom is -0.336 e. The molecule has 2 heterocycles. The second kappa shape index (κ2) is 6.75. The number of amides is 1. The molecular weight excluding hydrogens is 292 g/mol. The van der Waals surface area contributed by atoms with E-state index < -0.39 is 0 Å². The third kappa shape index (κ3) is 3.32. The van der Waals surface area contributed by atoms with Crippen LogP contribution in [0.1, 0.15) is 17.3 Å². The maximum atomic E-state index is 12.5. The third-order valence-electron chi connectivity index (χ3n) is 4.18. The van der Waals surface area contributed by atoms with Gasteiger partial charge in [-0.3, -0.25) is 9.59 Å². The normalized spacial score (nSPS) is 15.6. The van der Waals surface area contributed by atoms with Crippen LogP contribution in [-0.4, -0.2) is 58.4 Å². The molecule has 1 N–H and O–H groups in total. The molecule has 1 saturated heterocycles. The van der Waals surface area contributed by atoms with Crippen molar-refractivity contribution in [2.45, 2.75) is 6.92 Å². The maximum Gasteiger partial charge on any atom is 0.264 e. The number of benzene rings is 1. The zero-order chi connectivity index (χ0) is 16.2. The van der Waals surface area contributed by atoms with Crippen molar-refractivity contribution in [3.8, 4) is 11.4 Å². The van der Waals surface area contributed by atoms with Crippen LogP contribution in [-0.2, 0) is 0 Å². The lowest BCUT2D eigenvalue weighted by atomic mass is 10.2. The number of aromatic amines is 1. The van der Waals surface area contributed by atoms with Crippen molar-refractivity contribution in [1.29, 1.82) is 0 Å². The predicted octanol–water partition coefficient (Wildman–Crippen LogP) is 1.21. The minimum absolute atomic E-state index is 0.106. The number of likely N-dealkylation sites (N-methyl/N-ethyl adjacent to an activating group) is 1. The first kappa shape index (κ1) is 15.4. The number of piperazine rings is 1. The molecule has 0 aliphatic carbocycles. The fraction of sp³-hybridized carbons (Fsp3) is 0.353. The number of rotatable bonds is 3. The molecule has 120 valence electrons. The van der Waals surface area contributed by atoms with Crippen molar-refractivity contribution >= 4 is 5.91 Å². The number of hydrogen-bond acceptors (Lipinski definition) is 4. The van der Waals surface area contributed by atoms with Gasteiger partial charge in [-0.25, -0.2) is 4.98 Å². The fourth-order valence-electron chi connectivity index (χ4n) is 2.73. The van der Waals surface area contributed by atoms with Gasteiger partial charge in [-0.2, -0.15) is 0 Å². The Labute approximate surface area is 134 Å². The quantitative estimate of drug-likeness (QED) is 0.925. The zero-order valence-electron chi connectivity index (χ0n) is 13.2. The number of H-pyrrole nitrogens is 1. The standard InChI is InChI=1S/C17H20N4O2/c1-2-20-8-10-21(11-9-20)17(23)14-12-18-15(19-16(14)22)13-6-4-3-5-7-13/h3-7,12H,2,8-11H2,1H3,(H,18,19,22). The predicted molar refractivity (Wildman–Crippen MR) is 88.3 cm³/mol. The van der Waals surface area contributed by atoms with Crippen LogP contribution in [0.3, 0.4) is 0 Å². The SMILES string of the molecule is CCN1CCN(C(=O)c2cnc(-c3ccccc3)[nH]c2=O)CC1. The lowest BCUT2D eigenvalue weighted by Crippen LogP contribution is -2.49. The fourth-order valence-corrected chi connectivity index (χ4v) is 2.73. The van der Waals surface area contributed by atoms with Crippen LogP contribution in [0.5, 0.6) is 0 Å². The summed E-state index contributed by atoms with van der Waals surface area (Å²) in [5.41, 5.74) is 0.538. The highest BCUT2D eigenvalue weighted by Gasteiger charge is 2.23. The second-order valence-corrected chi connectivity index (χ2v) is 5.57. The molecule has 0 saturated carbocycles. The van der Waals surface area contributed by atoms with Crippen molar-refractivity contribution in [2.75, 3.05) is 32.7 Å². The van der Waals surface area contributed by atoms with Crippen LogP contribution in [0.2, 0.25) is 0 Å². The summed E-state index contributed by atoms with van der Waals surface area (Å²) >= 11 is 0. The van der Waals surface area contributed by atoms with Crippen molar-refractivity contribution in [2.24, 2.45) is 0 Å². The van der Waals surface area contributed by atoms with Gasteiger partial charge in [-0.1, -0.05) is 37.3 Å². The van der Waals surface area contributed by atoms with Gasteiger partial charge >= 0.3 is 0 Å². The van der Waals surface area contributed by atoms with Gasteiger partial charge < -0.3 is 14.8 Å². The summed E-state index contributed by atoms with van der Waals surface area (Å²) in [6.45, 7) is 6.06. The third-order valence-corrected chi connectivity index (χ3v) is 4.18. The molecule has 6 nitrogen and oxygen atoms in total. The monoisotopic (exact) mass is 312 g/mol. The number of nitrogens with zero attached hydrogens (tertiary/aromatic N) is 3. The van der Waals surface area contributed by atoms with E-state index in [1.807, 2.05) is 30.3 Å². The summed E-state index contributed by atoms with van der Waals surface area (Å²) in [6.07, 6.45) is 1.38. The highest BCUT2D eigenvalue weighted by Crippen LogP contribution is 2.12. The minimum atomic E-state index is -0.387. The smallest absolute Gasteiger partial charge is 0.264 e. The molecule has 0 spiro atoms. The van der Waals surface area contributed by atoms with Gasteiger partial charge in [0.25, 0.3) is 11.5 Å². The Hall–Kier alpha value is -2.47. The summed E-state index contributed by atoms with van der Waals surface area (Å²) in [5.74, 6) is 0.233. The highest BCUT2D eigenvalue weighted by atomic mass is 16.2. The van der Waals surface area contributed by atoms with Crippen LogP contribution in [0.15, 0.2) is 41.3 Å². The molecular formula is C17H20N4O2. The Bertz CT molecular complexity index is 734. The van der Waals surface area contributed by atoms with E-state index >= 15 is 0 Å². The molecule has 3 rings (SSSR count). The molecule has 1 aliphatic rings. The molecule has 0 radical (unpaired) electrons. The van der Waals surface area contributed by atoms with Gasteiger partial charge in [-0.15, -0.1) is 0 Å².